The third kappa shape index (κ3) is 3.55. The summed E-state index contributed by atoms with van der Waals surface area (Å²) in [5.41, 5.74) is 3.63. The molecule has 4 heterocycles. The average Bonchev–Trinajstić information content (AvgIpc) is 3.48. The Kier molecular flexibility index (Phi) is 5.31. The van der Waals surface area contributed by atoms with E-state index in [9.17, 15) is 14.4 Å². The lowest BCUT2D eigenvalue weighted by molar-refractivity contribution is -0.151. The average molecular weight is 428 g/mol. The second-order valence-electron chi connectivity index (χ2n) is 8.64. The van der Waals surface area contributed by atoms with Gasteiger partial charge in [-0.2, -0.15) is 5.01 Å². The minimum atomic E-state index is -0.422. The maximum atomic E-state index is 12.6. The second kappa shape index (κ2) is 8.12. The van der Waals surface area contributed by atoms with Gasteiger partial charge in [0, 0.05) is 39.1 Å². The molecule has 1 N–H and O–H groups in total. The van der Waals surface area contributed by atoms with Crippen LogP contribution in [0.25, 0.3) is 0 Å². The van der Waals surface area contributed by atoms with E-state index in [-0.39, 0.29) is 36.4 Å². The Hall–Kier alpha value is -2.65. The number of hydrogen-bond acceptors (Lipinski definition) is 7. The van der Waals surface area contributed by atoms with Crippen LogP contribution in [0.4, 0.5) is 5.69 Å². The van der Waals surface area contributed by atoms with Gasteiger partial charge in [0.25, 0.3) is 11.8 Å². The van der Waals surface area contributed by atoms with Crippen molar-refractivity contribution in [3.8, 4) is 5.75 Å². The van der Waals surface area contributed by atoms with Gasteiger partial charge >= 0.3 is 0 Å². The van der Waals surface area contributed by atoms with Gasteiger partial charge in [-0.3, -0.25) is 24.7 Å². The molecule has 9 nitrogen and oxygen atoms in total. The third-order valence-electron chi connectivity index (χ3n) is 6.97. The monoisotopic (exact) mass is 428 g/mol. The normalized spacial score (nSPS) is 30.1. The summed E-state index contributed by atoms with van der Waals surface area (Å²) in [5.74, 6) is -0.924. The number of anilines is 1. The van der Waals surface area contributed by atoms with Gasteiger partial charge in [-0.25, -0.2) is 0 Å². The lowest BCUT2D eigenvalue weighted by Gasteiger charge is -2.36. The van der Waals surface area contributed by atoms with Crippen LogP contribution in [0.3, 0.4) is 0 Å². The molecule has 166 valence electrons. The first kappa shape index (κ1) is 20.3. The van der Waals surface area contributed by atoms with E-state index in [0.717, 1.165) is 55.5 Å². The quantitative estimate of drug-likeness (QED) is 0.656. The molecule has 1 aromatic rings. The molecule has 4 atom stereocenters. The van der Waals surface area contributed by atoms with E-state index in [2.05, 4.69) is 21.3 Å². The number of piperazine rings is 1. The molecule has 4 aliphatic heterocycles. The van der Waals surface area contributed by atoms with Crippen molar-refractivity contribution >= 4 is 23.4 Å². The molecule has 3 amide bonds. The molecule has 4 fully saturated rings. The highest BCUT2D eigenvalue weighted by molar-refractivity contribution is 6.07. The fourth-order valence-electron chi connectivity index (χ4n) is 5.37. The van der Waals surface area contributed by atoms with Crippen molar-refractivity contribution in [1.29, 1.82) is 0 Å². The molecule has 31 heavy (non-hydrogen) atoms. The fourth-order valence-corrected chi connectivity index (χ4v) is 5.37. The van der Waals surface area contributed by atoms with Crippen molar-refractivity contribution in [3.63, 3.8) is 0 Å². The first-order valence-electron chi connectivity index (χ1n) is 11.0. The van der Waals surface area contributed by atoms with Gasteiger partial charge in [0.15, 0.2) is 0 Å². The molecule has 0 aliphatic carbocycles. The first-order valence-corrected chi connectivity index (χ1v) is 11.0. The Labute approximate surface area is 181 Å². The fraction of sp³-hybridized carbons (Fsp3) is 0.591. The number of carbonyl (C=O) groups excluding carboxylic acids is 3. The molecule has 1 aromatic carbocycles. The SMILES string of the molecule is COc1ccccc1N1CCN(CCC(=O)NN2C(=O)C3C4CCC(O4)C3C2=O)CC1. The number of rotatable bonds is 6. The number of fused-ring (bicyclic) bond motifs is 5. The molecule has 4 aliphatic rings. The summed E-state index contributed by atoms with van der Waals surface area (Å²) in [6, 6.07) is 7.97. The van der Waals surface area contributed by atoms with Gasteiger partial charge < -0.3 is 14.4 Å². The molecule has 4 unspecified atom stereocenters. The van der Waals surface area contributed by atoms with Gasteiger partial charge in [-0.05, 0) is 25.0 Å². The predicted molar refractivity (Wildman–Crippen MR) is 111 cm³/mol. The Balaban J connectivity index is 1.10. The predicted octanol–water partition coefficient (Wildman–Crippen LogP) is 0.401. The van der Waals surface area contributed by atoms with Gasteiger partial charge in [0.2, 0.25) is 5.91 Å². The number of imide groups is 1. The van der Waals surface area contributed by atoms with Crippen molar-refractivity contribution in [2.45, 2.75) is 31.5 Å². The number of para-hydroxylation sites is 2. The van der Waals surface area contributed by atoms with Crippen LogP contribution in [0.15, 0.2) is 24.3 Å². The number of benzene rings is 1. The Morgan fingerprint density at radius 2 is 1.71 bits per heavy atom. The van der Waals surface area contributed by atoms with Crippen LogP contribution >= 0.6 is 0 Å². The van der Waals surface area contributed by atoms with Crippen molar-refractivity contribution in [2.24, 2.45) is 11.8 Å². The summed E-state index contributed by atoms with van der Waals surface area (Å²) in [6.45, 7) is 3.94. The zero-order valence-electron chi connectivity index (χ0n) is 17.7. The zero-order valence-corrected chi connectivity index (χ0v) is 17.7. The van der Waals surface area contributed by atoms with E-state index in [1.807, 2.05) is 18.2 Å². The highest BCUT2D eigenvalue weighted by atomic mass is 16.5. The minimum absolute atomic E-state index is 0.173. The van der Waals surface area contributed by atoms with Crippen LogP contribution in [0.2, 0.25) is 0 Å². The minimum Gasteiger partial charge on any atom is -0.495 e. The molecule has 5 rings (SSSR count). The van der Waals surface area contributed by atoms with Crippen LogP contribution in [-0.4, -0.2) is 79.7 Å². The van der Waals surface area contributed by atoms with E-state index >= 15 is 0 Å². The van der Waals surface area contributed by atoms with E-state index in [1.54, 1.807) is 7.11 Å². The number of carbonyl (C=O) groups is 3. The molecule has 9 heteroatoms. The van der Waals surface area contributed by atoms with E-state index in [4.69, 9.17) is 9.47 Å². The lowest BCUT2D eigenvalue weighted by Crippen LogP contribution is -2.50. The number of amides is 3. The number of nitrogens with one attached hydrogen (secondary N) is 1. The topological polar surface area (TPSA) is 91.4 Å². The molecular weight excluding hydrogens is 400 g/mol. The Bertz CT molecular complexity index is 856. The molecule has 4 saturated heterocycles. The maximum absolute atomic E-state index is 12.6. The molecule has 2 bridgehead atoms. The third-order valence-corrected chi connectivity index (χ3v) is 6.97. The molecule has 0 aromatic heterocycles. The van der Waals surface area contributed by atoms with Gasteiger partial charge in [0.05, 0.1) is 36.8 Å². The van der Waals surface area contributed by atoms with Crippen molar-refractivity contribution in [3.05, 3.63) is 24.3 Å². The van der Waals surface area contributed by atoms with E-state index < -0.39 is 11.8 Å². The van der Waals surface area contributed by atoms with Crippen molar-refractivity contribution in [1.82, 2.24) is 15.3 Å². The van der Waals surface area contributed by atoms with Crippen LogP contribution in [0, 0.1) is 11.8 Å². The molecule has 0 radical (unpaired) electrons. The highest BCUT2D eigenvalue weighted by Gasteiger charge is 2.62. The number of ether oxygens (including phenoxy) is 2. The number of nitrogens with zero attached hydrogens (tertiary/aromatic N) is 3. The summed E-state index contributed by atoms with van der Waals surface area (Å²) >= 11 is 0. The molecule has 0 saturated carbocycles. The Morgan fingerprint density at radius 3 is 2.35 bits per heavy atom. The number of hydrazine groups is 1. The first-order chi connectivity index (χ1) is 15.1. The maximum Gasteiger partial charge on any atom is 0.254 e. The van der Waals surface area contributed by atoms with Crippen molar-refractivity contribution in [2.75, 3.05) is 44.7 Å². The smallest absolute Gasteiger partial charge is 0.254 e. The van der Waals surface area contributed by atoms with Gasteiger partial charge in [0.1, 0.15) is 5.75 Å². The van der Waals surface area contributed by atoms with Gasteiger partial charge in [-0.15, -0.1) is 0 Å². The van der Waals surface area contributed by atoms with Crippen molar-refractivity contribution < 1.29 is 23.9 Å². The summed E-state index contributed by atoms with van der Waals surface area (Å²) in [5, 5.41) is 0.950. The summed E-state index contributed by atoms with van der Waals surface area (Å²) < 4.78 is 11.2. The van der Waals surface area contributed by atoms with Crippen LogP contribution in [0.1, 0.15) is 19.3 Å². The Morgan fingerprint density at radius 1 is 1.06 bits per heavy atom. The largest absolute Gasteiger partial charge is 0.495 e. The number of methoxy groups -OCH3 is 1. The highest BCUT2D eigenvalue weighted by Crippen LogP contribution is 2.48. The second-order valence-corrected chi connectivity index (χ2v) is 8.64. The lowest BCUT2D eigenvalue weighted by atomic mass is 9.81. The summed E-state index contributed by atoms with van der Waals surface area (Å²) in [7, 11) is 1.68. The van der Waals surface area contributed by atoms with Crippen LogP contribution < -0.4 is 15.1 Å². The van der Waals surface area contributed by atoms with Crippen LogP contribution in [0.5, 0.6) is 5.75 Å². The summed E-state index contributed by atoms with van der Waals surface area (Å²) in [6.07, 6.45) is 1.52. The van der Waals surface area contributed by atoms with Crippen LogP contribution in [-0.2, 0) is 19.1 Å². The van der Waals surface area contributed by atoms with E-state index in [1.165, 1.54) is 0 Å². The zero-order chi connectivity index (χ0) is 21.5. The van der Waals surface area contributed by atoms with E-state index in [0.29, 0.717) is 6.54 Å². The summed E-state index contributed by atoms with van der Waals surface area (Å²) in [4.78, 5) is 42.2. The number of hydrogen-bond donors (Lipinski definition) is 1. The standard InChI is InChI=1S/C22H28N4O5/c1-30-15-5-3-2-4-14(15)25-12-10-24(11-13-25)9-8-18(27)23-26-21(28)19-16-6-7-17(31-16)20(19)22(26)29/h2-5,16-17,19-20H,6-13H2,1H3,(H,23,27). The van der Waals surface area contributed by atoms with Gasteiger partial charge in [-0.1, -0.05) is 12.1 Å². The molecule has 0 spiro atoms. The molecular formula is C22H28N4O5.